The monoisotopic (exact) mass is 603 g/mol. The van der Waals surface area contributed by atoms with Crippen molar-refractivity contribution in [1.29, 1.82) is 0 Å². The van der Waals surface area contributed by atoms with Crippen LogP contribution in [0.4, 0.5) is 0 Å². The van der Waals surface area contributed by atoms with Gasteiger partial charge in [-0.3, -0.25) is 0 Å². The van der Waals surface area contributed by atoms with Crippen LogP contribution in [0.3, 0.4) is 0 Å². The second kappa shape index (κ2) is 11.3. The molecule has 0 saturated heterocycles. The Balaban J connectivity index is 1.17. The first-order chi connectivity index (χ1) is 23.3. The third kappa shape index (κ3) is 4.70. The van der Waals surface area contributed by atoms with Gasteiger partial charge in [-0.2, -0.15) is 0 Å². The molecule has 2 aliphatic carbocycles. The van der Waals surface area contributed by atoms with Crippen molar-refractivity contribution in [2.24, 2.45) is 0 Å². The zero-order valence-corrected chi connectivity index (χ0v) is 26.1. The molecule has 1 fully saturated rings. The van der Waals surface area contributed by atoms with E-state index in [0.29, 0.717) is 17.5 Å². The molecular weight excluding hydrogens is 571 g/mol. The zero-order valence-electron chi connectivity index (χ0n) is 26.1. The second-order valence-electron chi connectivity index (χ2n) is 12.8. The number of nitrogens with zero attached hydrogens (tertiary/aromatic N) is 3. The summed E-state index contributed by atoms with van der Waals surface area (Å²) in [5.74, 6) is 2.02. The molecule has 0 amide bonds. The van der Waals surface area contributed by atoms with Crippen LogP contribution in [-0.2, 0) is 5.41 Å². The van der Waals surface area contributed by atoms with Crippen LogP contribution in [0.25, 0.3) is 67.5 Å². The quantitative estimate of drug-likeness (QED) is 0.196. The SMILES string of the molecule is c1ccc(-c2nc(-c3ccccc3)nc(-c3cccc(-c4ccc5c(c4)C4(CCCC4)c4cccc(-c6ccccc6)c4-5)c3)n2)cc1. The normalized spacial score (nSPS) is 14.2. The Morgan fingerprint density at radius 2 is 0.872 bits per heavy atom. The van der Waals surface area contributed by atoms with Gasteiger partial charge in [-0.25, -0.2) is 15.0 Å². The number of rotatable bonds is 5. The van der Waals surface area contributed by atoms with E-state index >= 15 is 0 Å². The molecule has 7 aromatic rings. The van der Waals surface area contributed by atoms with Gasteiger partial charge in [0.05, 0.1) is 0 Å². The molecule has 1 aromatic heterocycles. The highest BCUT2D eigenvalue weighted by molar-refractivity contribution is 5.94. The lowest BCUT2D eigenvalue weighted by atomic mass is 9.76. The minimum atomic E-state index is 0.0759. The van der Waals surface area contributed by atoms with Crippen LogP contribution in [0.2, 0.25) is 0 Å². The van der Waals surface area contributed by atoms with Gasteiger partial charge in [0.1, 0.15) is 0 Å². The fourth-order valence-electron chi connectivity index (χ4n) is 7.88. The summed E-state index contributed by atoms with van der Waals surface area (Å²) in [6.07, 6.45) is 4.93. The average Bonchev–Trinajstić information content (AvgIpc) is 3.76. The minimum absolute atomic E-state index is 0.0759. The highest BCUT2D eigenvalue weighted by Gasteiger charge is 2.45. The van der Waals surface area contributed by atoms with E-state index in [0.717, 1.165) is 16.7 Å². The van der Waals surface area contributed by atoms with Crippen molar-refractivity contribution in [3.05, 3.63) is 163 Å². The summed E-state index contributed by atoms with van der Waals surface area (Å²) in [7, 11) is 0. The second-order valence-corrected chi connectivity index (χ2v) is 12.8. The molecule has 0 bridgehead atoms. The van der Waals surface area contributed by atoms with Gasteiger partial charge in [0.2, 0.25) is 0 Å². The molecule has 0 N–H and O–H groups in total. The van der Waals surface area contributed by atoms with Gasteiger partial charge in [-0.05, 0) is 69.5 Å². The Labute approximate surface area is 275 Å². The maximum Gasteiger partial charge on any atom is 0.164 e. The van der Waals surface area contributed by atoms with Gasteiger partial charge in [0.25, 0.3) is 0 Å². The summed E-state index contributed by atoms with van der Waals surface area (Å²) >= 11 is 0. The number of hydrogen-bond donors (Lipinski definition) is 0. The lowest BCUT2D eigenvalue weighted by Gasteiger charge is -2.27. The van der Waals surface area contributed by atoms with Crippen molar-refractivity contribution in [1.82, 2.24) is 15.0 Å². The van der Waals surface area contributed by atoms with Crippen LogP contribution in [0.5, 0.6) is 0 Å². The molecule has 0 aliphatic heterocycles. The molecule has 47 heavy (non-hydrogen) atoms. The summed E-state index contributed by atoms with van der Waals surface area (Å²) in [6, 6.07) is 54.0. The lowest BCUT2D eigenvalue weighted by Crippen LogP contribution is -2.20. The van der Waals surface area contributed by atoms with Crippen LogP contribution in [0.15, 0.2) is 152 Å². The fourth-order valence-corrected chi connectivity index (χ4v) is 7.88. The number of benzene rings is 6. The molecule has 3 heteroatoms. The fraction of sp³-hybridized carbons (Fsp3) is 0.114. The molecule has 2 aliphatic rings. The van der Waals surface area contributed by atoms with Crippen molar-refractivity contribution in [2.45, 2.75) is 31.1 Å². The maximum atomic E-state index is 4.99. The zero-order chi connectivity index (χ0) is 31.2. The number of aromatic nitrogens is 3. The molecule has 6 aromatic carbocycles. The summed E-state index contributed by atoms with van der Waals surface area (Å²) in [4.78, 5) is 14.9. The molecule has 0 unspecified atom stereocenters. The highest BCUT2D eigenvalue weighted by atomic mass is 15.0. The van der Waals surface area contributed by atoms with Gasteiger partial charge < -0.3 is 0 Å². The van der Waals surface area contributed by atoms with Crippen molar-refractivity contribution in [2.75, 3.05) is 0 Å². The van der Waals surface area contributed by atoms with Gasteiger partial charge >= 0.3 is 0 Å². The van der Waals surface area contributed by atoms with E-state index in [2.05, 4.69) is 115 Å². The number of fused-ring (bicyclic) bond motifs is 5. The third-order valence-electron chi connectivity index (χ3n) is 10.1. The molecule has 1 spiro atoms. The summed E-state index contributed by atoms with van der Waals surface area (Å²) < 4.78 is 0. The molecule has 1 heterocycles. The van der Waals surface area contributed by atoms with E-state index in [1.807, 2.05) is 36.4 Å². The molecule has 224 valence electrons. The largest absolute Gasteiger partial charge is 0.208 e. The van der Waals surface area contributed by atoms with Crippen molar-refractivity contribution in [3.63, 3.8) is 0 Å². The predicted molar refractivity (Wildman–Crippen MR) is 192 cm³/mol. The van der Waals surface area contributed by atoms with Gasteiger partial charge in [0, 0.05) is 22.1 Å². The van der Waals surface area contributed by atoms with Gasteiger partial charge in [-0.1, -0.05) is 152 Å². The Morgan fingerprint density at radius 3 is 1.51 bits per heavy atom. The van der Waals surface area contributed by atoms with E-state index in [1.54, 1.807) is 0 Å². The average molecular weight is 604 g/mol. The Kier molecular flexibility index (Phi) is 6.64. The molecule has 3 nitrogen and oxygen atoms in total. The maximum absolute atomic E-state index is 4.99. The van der Waals surface area contributed by atoms with Crippen LogP contribution in [-0.4, -0.2) is 15.0 Å². The van der Waals surface area contributed by atoms with E-state index < -0.39 is 0 Å². The molecular formula is C44H33N3. The summed E-state index contributed by atoms with van der Waals surface area (Å²) in [5.41, 5.74) is 13.8. The van der Waals surface area contributed by atoms with Crippen molar-refractivity contribution >= 4 is 0 Å². The summed E-state index contributed by atoms with van der Waals surface area (Å²) in [5, 5.41) is 0. The van der Waals surface area contributed by atoms with E-state index in [9.17, 15) is 0 Å². The Bertz CT molecular complexity index is 2180. The van der Waals surface area contributed by atoms with Crippen LogP contribution >= 0.6 is 0 Å². The molecule has 0 atom stereocenters. The molecule has 1 saturated carbocycles. The first-order valence-electron chi connectivity index (χ1n) is 16.6. The van der Waals surface area contributed by atoms with Gasteiger partial charge in [0.15, 0.2) is 17.5 Å². The van der Waals surface area contributed by atoms with E-state index in [4.69, 9.17) is 15.0 Å². The van der Waals surface area contributed by atoms with Crippen LogP contribution in [0, 0.1) is 0 Å². The lowest BCUT2D eigenvalue weighted by molar-refractivity contribution is 0.550. The summed E-state index contributed by atoms with van der Waals surface area (Å²) in [6.45, 7) is 0. The van der Waals surface area contributed by atoms with E-state index in [-0.39, 0.29) is 5.41 Å². The first-order valence-corrected chi connectivity index (χ1v) is 16.6. The predicted octanol–water partition coefficient (Wildman–Crippen LogP) is 11.0. The topological polar surface area (TPSA) is 38.7 Å². The Morgan fingerprint density at radius 1 is 0.362 bits per heavy atom. The van der Waals surface area contributed by atoms with E-state index in [1.165, 1.54) is 70.2 Å². The first kappa shape index (κ1) is 27.6. The van der Waals surface area contributed by atoms with Gasteiger partial charge in [-0.15, -0.1) is 0 Å². The van der Waals surface area contributed by atoms with Crippen LogP contribution in [0.1, 0.15) is 36.8 Å². The standard InChI is InChI=1S/C44H33N3/c1-4-14-30(15-5-1)36-22-13-23-38-40(36)37-25-24-34(29-39(37)44(38)26-10-11-27-44)33-20-12-21-35(28-33)43-46-41(31-16-6-2-7-17-31)45-42(47-43)32-18-8-3-9-19-32/h1-9,12-25,28-29H,10-11,26-27H2. The highest BCUT2D eigenvalue weighted by Crippen LogP contribution is 2.59. The molecule has 9 rings (SSSR count). The van der Waals surface area contributed by atoms with Crippen LogP contribution < -0.4 is 0 Å². The molecule has 0 radical (unpaired) electrons. The van der Waals surface area contributed by atoms with Crippen molar-refractivity contribution < 1.29 is 0 Å². The Hall–Kier alpha value is -5.67. The smallest absolute Gasteiger partial charge is 0.164 e. The van der Waals surface area contributed by atoms with Crippen molar-refractivity contribution in [3.8, 4) is 67.5 Å². The number of hydrogen-bond acceptors (Lipinski definition) is 3. The minimum Gasteiger partial charge on any atom is -0.208 e. The third-order valence-corrected chi connectivity index (χ3v) is 10.1.